The molecule has 0 radical (unpaired) electrons. The van der Waals surface area contributed by atoms with Crippen molar-refractivity contribution >= 4 is 37.9 Å². The first-order valence-electron chi connectivity index (χ1n) is 14.7. The third-order valence-corrected chi connectivity index (χ3v) is 11.8. The molecular weight excluding hydrogens is 603 g/mol. The number of sulfone groups is 1. The van der Waals surface area contributed by atoms with E-state index < -0.39 is 33.6 Å². The summed E-state index contributed by atoms with van der Waals surface area (Å²) in [6, 6.07) is 9.95. The molecule has 4 fully saturated rings. The molecule has 6 rings (SSSR count). The lowest BCUT2D eigenvalue weighted by Gasteiger charge is -2.33. The van der Waals surface area contributed by atoms with E-state index in [0.29, 0.717) is 49.6 Å². The number of aromatic nitrogens is 1. The fraction of sp³-hybridized carbons (Fsp3) is 0.621. The quantitative estimate of drug-likeness (QED) is 0.500. The highest BCUT2D eigenvalue weighted by Crippen LogP contribution is 2.47. The summed E-state index contributed by atoms with van der Waals surface area (Å²) in [4.78, 5) is 22.9. The molecule has 232 valence electrons. The number of halogens is 3. The van der Waals surface area contributed by atoms with E-state index in [2.05, 4.69) is 11.4 Å². The number of thiazole rings is 1. The number of benzene rings is 1. The van der Waals surface area contributed by atoms with E-state index in [-0.39, 0.29) is 43.0 Å². The van der Waals surface area contributed by atoms with Crippen LogP contribution in [0.3, 0.4) is 0 Å². The highest BCUT2D eigenvalue weighted by molar-refractivity contribution is 7.91. The van der Waals surface area contributed by atoms with Crippen molar-refractivity contribution in [3.8, 4) is 16.5 Å². The lowest BCUT2D eigenvalue weighted by atomic mass is 9.76. The van der Waals surface area contributed by atoms with Crippen molar-refractivity contribution in [3.63, 3.8) is 0 Å². The molecule has 3 heterocycles. The number of hydrogen-bond acceptors (Lipinski definition) is 9. The third kappa shape index (κ3) is 6.49. The molecule has 0 unspecified atom stereocenters. The van der Waals surface area contributed by atoms with Gasteiger partial charge in [0.15, 0.2) is 21.1 Å². The van der Waals surface area contributed by atoms with Gasteiger partial charge in [-0.05, 0) is 43.4 Å². The molecule has 3 atom stereocenters. The SMILES string of the molecule is N#CC1(NC(=O)[C@@H]2CCCC[C@H]2c2nc(N3CCO[C@@H](C(F)(F)F)C3)sc2-c2ccc(N3CCS(=O)(=O)CC3)cc2)CC1. The Morgan fingerprint density at radius 3 is 2.44 bits per heavy atom. The van der Waals surface area contributed by atoms with Gasteiger partial charge in [-0.15, -0.1) is 0 Å². The maximum absolute atomic E-state index is 13.5. The minimum Gasteiger partial charge on any atom is -0.369 e. The zero-order valence-electron chi connectivity index (χ0n) is 23.6. The van der Waals surface area contributed by atoms with Gasteiger partial charge in [-0.2, -0.15) is 18.4 Å². The van der Waals surface area contributed by atoms with Crippen LogP contribution in [0.25, 0.3) is 10.4 Å². The van der Waals surface area contributed by atoms with Gasteiger partial charge in [0, 0.05) is 37.2 Å². The van der Waals surface area contributed by atoms with E-state index in [1.54, 1.807) is 4.90 Å². The number of hydrogen-bond donors (Lipinski definition) is 1. The average molecular weight is 638 g/mol. The van der Waals surface area contributed by atoms with Crippen molar-refractivity contribution in [1.82, 2.24) is 10.3 Å². The maximum atomic E-state index is 13.5. The van der Waals surface area contributed by atoms with Crippen LogP contribution < -0.4 is 15.1 Å². The molecule has 2 saturated carbocycles. The van der Waals surface area contributed by atoms with Crippen molar-refractivity contribution in [3.05, 3.63) is 30.0 Å². The first-order valence-corrected chi connectivity index (χ1v) is 17.3. The zero-order valence-corrected chi connectivity index (χ0v) is 25.2. The predicted octanol–water partition coefficient (Wildman–Crippen LogP) is 4.26. The Balaban J connectivity index is 1.33. The van der Waals surface area contributed by atoms with Crippen LogP contribution in [0, 0.1) is 17.2 Å². The lowest BCUT2D eigenvalue weighted by Crippen LogP contribution is -2.49. The summed E-state index contributed by atoms with van der Waals surface area (Å²) in [6.45, 7) is 0.677. The van der Waals surface area contributed by atoms with E-state index in [9.17, 15) is 31.6 Å². The highest BCUT2D eigenvalue weighted by Gasteiger charge is 2.48. The Morgan fingerprint density at radius 2 is 1.79 bits per heavy atom. The number of alkyl halides is 3. The van der Waals surface area contributed by atoms with Gasteiger partial charge < -0.3 is 19.9 Å². The summed E-state index contributed by atoms with van der Waals surface area (Å²) < 4.78 is 69.4. The fourth-order valence-electron chi connectivity index (χ4n) is 6.22. The predicted molar refractivity (Wildman–Crippen MR) is 157 cm³/mol. The first-order chi connectivity index (χ1) is 20.5. The molecule has 1 amide bonds. The summed E-state index contributed by atoms with van der Waals surface area (Å²) in [7, 11) is -3.02. The number of nitrogens with zero attached hydrogens (tertiary/aromatic N) is 4. The minimum absolute atomic E-state index is 0.0701. The topological polar surface area (TPSA) is 116 Å². The zero-order chi connectivity index (χ0) is 30.4. The Hall–Kier alpha value is -2.89. The maximum Gasteiger partial charge on any atom is 0.416 e. The van der Waals surface area contributed by atoms with Crippen LogP contribution in [0.5, 0.6) is 0 Å². The molecule has 1 N–H and O–H groups in total. The van der Waals surface area contributed by atoms with E-state index in [1.807, 2.05) is 29.2 Å². The number of carbonyl (C=O) groups excluding carboxylic acids is 1. The Morgan fingerprint density at radius 1 is 1.09 bits per heavy atom. The van der Waals surface area contributed by atoms with E-state index in [1.165, 1.54) is 11.3 Å². The second-order valence-corrected chi connectivity index (χ2v) is 15.2. The summed E-state index contributed by atoms with van der Waals surface area (Å²) in [6.07, 6.45) is -2.00. The number of amides is 1. The van der Waals surface area contributed by atoms with Gasteiger partial charge in [0.2, 0.25) is 5.91 Å². The van der Waals surface area contributed by atoms with Crippen LogP contribution >= 0.6 is 11.3 Å². The number of anilines is 2. The smallest absolute Gasteiger partial charge is 0.369 e. The fourth-order valence-corrected chi connectivity index (χ4v) is 8.60. The van der Waals surface area contributed by atoms with Gasteiger partial charge in [-0.25, -0.2) is 13.4 Å². The monoisotopic (exact) mass is 637 g/mol. The summed E-state index contributed by atoms with van der Waals surface area (Å²) in [5.74, 6) is -0.588. The van der Waals surface area contributed by atoms with Gasteiger partial charge >= 0.3 is 6.18 Å². The highest BCUT2D eigenvalue weighted by atomic mass is 32.2. The molecule has 2 aliphatic heterocycles. The second kappa shape index (κ2) is 11.6. The molecule has 4 aliphatic rings. The summed E-state index contributed by atoms with van der Waals surface area (Å²) >= 11 is 1.33. The molecule has 1 aromatic heterocycles. The standard InChI is InChI=1S/C29H34F3N5O4S2/c30-29(31,32)23-17-37(11-14-41-23)27-34-24(21-3-1-2-4-22(21)26(38)35-28(18-33)9-10-28)25(42-27)19-5-7-20(8-6-19)36-12-15-43(39,40)16-13-36/h5-8,21-23H,1-4,9-17H2,(H,35,38)/t21-,22-,23-/m1/s1. The Bertz CT molecular complexity index is 1490. The van der Waals surface area contributed by atoms with Crippen LogP contribution in [-0.2, 0) is 19.4 Å². The van der Waals surface area contributed by atoms with Gasteiger partial charge in [0.25, 0.3) is 0 Å². The Kier molecular flexibility index (Phi) is 8.10. The minimum atomic E-state index is -4.49. The van der Waals surface area contributed by atoms with Crippen molar-refractivity contribution in [2.45, 2.75) is 62.3 Å². The molecule has 9 nitrogen and oxygen atoms in total. The number of rotatable bonds is 6. The van der Waals surface area contributed by atoms with Crippen LogP contribution in [0.2, 0.25) is 0 Å². The van der Waals surface area contributed by atoms with Crippen molar-refractivity contribution in [2.75, 3.05) is 54.1 Å². The van der Waals surface area contributed by atoms with E-state index in [0.717, 1.165) is 29.0 Å². The van der Waals surface area contributed by atoms with E-state index in [4.69, 9.17) is 9.72 Å². The van der Waals surface area contributed by atoms with Gasteiger partial charge in [0.05, 0.1) is 41.3 Å². The number of carbonyl (C=O) groups is 1. The number of nitriles is 1. The Labute approximate surface area is 252 Å². The average Bonchev–Trinajstić information content (AvgIpc) is 3.63. The lowest BCUT2D eigenvalue weighted by molar-refractivity contribution is -0.221. The molecule has 2 aliphatic carbocycles. The van der Waals surface area contributed by atoms with E-state index >= 15 is 0 Å². The molecule has 1 aromatic carbocycles. The van der Waals surface area contributed by atoms with Gasteiger partial charge in [0.1, 0.15) is 5.54 Å². The normalized spacial score (nSPS) is 26.9. The van der Waals surface area contributed by atoms with Crippen molar-refractivity contribution in [2.24, 2.45) is 5.92 Å². The van der Waals surface area contributed by atoms with Gasteiger partial charge in [-0.3, -0.25) is 4.79 Å². The number of ether oxygens (including phenoxy) is 1. The summed E-state index contributed by atoms with van der Waals surface area (Å²) in [5, 5.41) is 13.0. The summed E-state index contributed by atoms with van der Waals surface area (Å²) in [5.41, 5.74) is 1.65. The van der Waals surface area contributed by atoms with Crippen LogP contribution in [0.1, 0.15) is 50.1 Å². The third-order valence-electron chi connectivity index (χ3n) is 8.96. The van der Waals surface area contributed by atoms with Crippen LogP contribution in [0.4, 0.5) is 24.0 Å². The largest absolute Gasteiger partial charge is 0.416 e. The molecule has 0 spiro atoms. The number of morpholine rings is 1. The van der Waals surface area contributed by atoms with Crippen LogP contribution in [0.15, 0.2) is 24.3 Å². The van der Waals surface area contributed by atoms with Crippen molar-refractivity contribution < 1.29 is 31.1 Å². The molecule has 43 heavy (non-hydrogen) atoms. The number of nitrogens with one attached hydrogen (secondary N) is 1. The van der Waals surface area contributed by atoms with Crippen LogP contribution in [-0.4, -0.2) is 81.4 Å². The molecule has 14 heteroatoms. The molecule has 2 saturated heterocycles. The molecule has 0 bridgehead atoms. The second-order valence-electron chi connectivity index (χ2n) is 11.9. The van der Waals surface area contributed by atoms with Crippen molar-refractivity contribution in [1.29, 1.82) is 5.26 Å². The van der Waals surface area contributed by atoms with Gasteiger partial charge in [-0.1, -0.05) is 36.3 Å². The molecule has 2 aromatic rings. The molecular formula is C29H34F3N5O4S2. The first kappa shape index (κ1) is 30.1.